The van der Waals surface area contributed by atoms with Crippen LogP contribution in [0, 0.1) is 11.3 Å². The molecule has 3 heterocycles. The third kappa shape index (κ3) is 4.59. The summed E-state index contributed by atoms with van der Waals surface area (Å²) in [5, 5.41) is 19.6. The Morgan fingerprint density at radius 2 is 1.91 bits per heavy atom. The topological polar surface area (TPSA) is 144 Å². The average molecular weight is 505 g/mol. The van der Waals surface area contributed by atoms with Crippen molar-refractivity contribution in [1.29, 1.82) is 5.26 Å². The van der Waals surface area contributed by atoms with Crippen LogP contribution in [0.1, 0.15) is 35.7 Å². The number of nitriles is 1. The SMILES string of the molecule is CCS(=O)(=O)c1cc(C(=O)NC2(C#N)CC2)cnc1-c1nnc(-c2cc(C(F)(F)F)ccn2)n1C. The third-order valence-electron chi connectivity index (χ3n) is 5.55. The van der Waals surface area contributed by atoms with Crippen molar-refractivity contribution in [2.45, 2.75) is 36.4 Å². The number of rotatable bonds is 6. The zero-order chi connectivity index (χ0) is 25.6. The summed E-state index contributed by atoms with van der Waals surface area (Å²) in [4.78, 5) is 20.4. The monoisotopic (exact) mass is 505 g/mol. The van der Waals surface area contributed by atoms with E-state index in [9.17, 15) is 31.6 Å². The molecule has 3 aromatic heterocycles. The quantitative estimate of drug-likeness (QED) is 0.538. The van der Waals surface area contributed by atoms with E-state index in [4.69, 9.17) is 0 Å². The second-order valence-electron chi connectivity index (χ2n) is 7.96. The van der Waals surface area contributed by atoms with Crippen LogP contribution in [0.4, 0.5) is 13.2 Å². The fraction of sp³-hybridized carbons (Fsp3) is 0.333. The predicted molar refractivity (Wildman–Crippen MR) is 115 cm³/mol. The number of sulfone groups is 1. The summed E-state index contributed by atoms with van der Waals surface area (Å²) < 4.78 is 66.3. The van der Waals surface area contributed by atoms with Crippen molar-refractivity contribution in [3.8, 4) is 29.1 Å². The number of nitrogens with one attached hydrogen (secondary N) is 1. The van der Waals surface area contributed by atoms with Crippen LogP contribution in [0.25, 0.3) is 23.0 Å². The minimum Gasteiger partial charge on any atom is -0.334 e. The van der Waals surface area contributed by atoms with Gasteiger partial charge < -0.3 is 9.88 Å². The van der Waals surface area contributed by atoms with Crippen molar-refractivity contribution < 1.29 is 26.4 Å². The summed E-state index contributed by atoms with van der Waals surface area (Å²) >= 11 is 0. The molecule has 182 valence electrons. The Balaban J connectivity index is 1.79. The number of amides is 1. The summed E-state index contributed by atoms with van der Waals surface area (Å²) in [5.41, 5.74) is -2.21. The van der Waals surface area contributed by atoms with Crippen molar-refractivity contribution >= 4 is 15.7 Å². The van der Waals surface area contributed by atoms with Crippen LogP contribution >= 0.6 is 0 Å². The molecule has 3 aromatic rings. The highest BCUT2D eigenvalue weighted by atomic mass is 32.2. The van der Waals surface area contributed by atoms with Crippen molar-refractivity contribution in [2.75, 3.05) is 5.75 Å². The van der Waals surface area contributed by atoms with Gasteiger partial charge in [-0.3, -0.25) is 14.8 Å². The summed E-state index contributed by atoms with van der Waals surface area (Å²) in [6, 6.07) is 4.78. The molecule has 1 saturated carbocycles. The van der Waals surface area contributed by atoms with Crippen molar-refractivity contribution in [3.05, 3.63) is 41.7 Å². The lowest BCUT2D eigenvalue weighted by Gasteiger charge is -2.13. The molecular weight excluding hydrogens is 487 g/mol. The second kappa shape index (κ2) is 8.42. The summed E-state index contributed by atoms with van der Waals surface area (Å²) in [6.07, 6.45) is -1.48. The van der Waals surface area contributed by atoms with Crippen LogP contribution < -0.4 is 5.32 Å². The Hall–Kier alpha value is -3.86. The molecule has 0 aliphatic heterocycles. The van der Waals surface area contributed by atoms with Crippen LogP contribution in [0.5, 0.6) is 0 Å². The molecule has 0 saturated heterocycles. The zero-order valence-corrected chi connectivity index (χ0v) is 19.3. The number of carbonyl (C=O) groups excluding carboxylic acids is 1. The average Bonchev–Trinajstić information content (AvgIpc) is 3.50. The zero-order valence-electron chi connectivity index (χ0n) is 18.5. The van der Waals surface area contributed by atoms with E-state index in [0.717, 1.165) is 30.6 Å². The highest BCUT2D eigenvalue weighted by molar-refractivity contribution is 7.91. The number of nitrogens with zero attached hydrogens (tertiary/aromatic N) is 6. The second-order valence-corrected chi connectivity index (χ2v) is 10.2. The van der Waals surface area contributed by atoms with E-state index in [1.165, 1.54) is 18.5 Å². The number of alkyl halides is 3. The maximum atomic E-state index is 13.1. The molecule has 10 nitrogen and oxygen atoms in total. The molecule has 0 bridgehead atoms. The molecule has 1 amide bonds. The maximum absolute atomic E-state index is 13.1. The van der Waals surface area contributed by atoms with E-state index in [0.29, 0.717) is 12.8 Å². The van der Waals surface area contributed by atoms with Crippen LogP contribution in [0.2, 0.25) is 0 Å². The first-order chi connectivity index (χ1) is 16.4. The molecule has 0 spiro atoms. The molecule has 14 heteroatoms. The number of carbonyl (C=O) groups is 1. The Kier molecular flexibility index (Phi) is 5.84. The van der Waals surface area contributed by atoms with Crippen molar-refractivity contribution in [3.63, 3.8) is 0 Å². The van der Waals surface area contributed by atoms with Crippen LogP contribution in [0.3, 0.4) is 0 Å². The highest BCUT2D eigenvalue weighted by Crippen LogP contribution is 2.35. The molecule has 0 aromatic carbocycles. The van der Waals surface area contributed by atoms with Gasteiger partial charge in [0.25, 0.3) is 5.91 Å². The predicted octanol–water partition coefficient (Wildman–Crippen LogP) is 2.54. The van der Waals surface area contributed by atoms with E-state index in [1.54, 1.807) is 0 Å². The van der Waals surface area contributed by atoms with E-state index < -0.39 is 33.0 Å². The number of aromatic nitrogens is 5. The Labute approximate surface area is 197 Å². The van der Waals surface area contributed by atoms with Gasteiger partial charge in [-0.15, -0.1) is 10.2 Å². The van der Waals surface area contributed by atoms with E-state index in [1.807, 2.05) is 6.07 Å². The Morgan fingerprint density at radius 3 is 2.51 bits per heavy atom. The molecule has 4 rings (SSSR count). The van der Waals surface area contributed by atoms with Gasteiger partial charge in [-0.2, -0.15) is 18.4 Å². The normalized spacial score (nSPS) is 14.9. The van der Waals surface area contributed by atoms with Gasteiger partial charge >= 0.3 is 6.18 Å². The van der Waals surface area contributed by atoms with Crippen molar-refractivity contribution in [1.82, 2.24) is 30.0 Å². The van der Waals surface area contributed by atoms with Crippen molar-refractivity contribution in [2.24, 2.45) is 7.05 Å². The molecule has 35 heavy (non-hydrogen) atoms. The smallest absolute Gasteiger partial charge is 0.334 e. The van der Waals surface area contributed by atoms with Crippen LogP contribution in [-0.4, -0.2) is 50.3 Å². The molecule has 1 aliphatic rings. The molecule has 1 fully saturated rings. The lowest BCUT2D eigenvalue weighted by molar-refractivity contribution is -0.137. The van der Waals surface area contributed by atoms with Gasteiger partial charge in [0.15, 0.2) is 21.5 Å². The number of halogens is 3. The number of hydrogen-bond donors (Lipinski definition) is 1. The number of pyridine rings is 2. The number of hydrogen-bond acceptors (Lipinski definition) is 8. The first-order valence-electron chi connectivity index (χ1n) is 10.3. The van der Waals surface area contributed by atoms with Gasteiger partial charge in [0.1, 0.15) is 16.9 Å². The first kappa shape index (κ1) is 24.3. The van der Waals surface area contributed by atoms with Gasteiger partial charge in [0, 0.05) is 19.4 Å². The standard InChI is InChI=1S/C21H18F3N7O3S/c1-3-35(33,34)15-8-12(19(32)28-20(11-25)5-6-20)10-27-16(15)18-30-29-17(31(18)2)14-9-13(4-7-26-14)21(22,23)24/h4,7-10H,3,5-6H2,1-2H3,(H,28,32). The van der Waals surface area contributed by atoms with E-state index >= 15 is 0 Å². The molecule has 1 N–H and O–H groups in total. The van der Waals surface area contributed by atoms with E-state index in [2.05, 4.69) is 25.5 Å². The maximum Gasteiger partial charge on any atom is 0.416 e. The van der Waals surface area contributed by atoms with Crippen LogP contribution in [-0.2, 0) is 23.1 Å². The third-order valence-corrected chi connectivity index (χ3v) is 7.29. The highest BCUT2D eigenvalue weighted by Gasteiger charge is 2.45. The van der Waals surface area contributed by atoms with Gasteiger partial charge in [0.2, 0.25) is 0 Å². The molecular formula is C21H18F3N7O3S. The van der Waals surface area contributed by atoms with Crippen LogP contribution in [0.15, 0.2) is 35.5 Å². The lowest BCUT2D eigenvalue weighted by Crippen LogP contribution is -2.35. The minimum absolute atomic E-state index is 0.0424. The summed E-state index contributed by atoms with van der Waals surface area (Å²) in [7, 11) is -2.49. The largest absolute Gasteiger partial charge is 0.416 e. The van der Waals surface area contributed by atoms with Gasteiger partial charge in [-0.05, 0) is 31.0 Å². The fourth-order valence-corrected chi connectivity index (χ4v) is 4.35. The van der Waals surface area contributed by atoms with E-state index in [-0.39, 0.29) is 39.2 Å². The molecule has 0 radical (unpaired) electrons. The fourth-order valence-electron chi connectivity index (χ4n) is 3.30. The Bertz CT molecular complexity index is 1470. The molecule has 1 aliphatic carbocycles. The Morgan fingerprint density at radius 1 is 1.23 bits per heavy atom. The van der Waals surface area contributed by atoms with Gasteiger partial charge in [0.05, 0.1) is 27.8 Å². The minimum atomic E-state index is -4.59. The summed E-state index contributed by atoms with van der Waals surface area (Å²) in [5.74, 6) is -1.05. The van der Waals surface area contributed by atoms with Gasteiger partial charge in [-0.1, -0.05) is 6.92 Å². The summed E-state index contributed by atoms with van der Waals surface area (Å²) in [6.45, 7) is 1.41. The van der Waals surface area contributed by atoms with Gasteiger partial charge in [-0.25, -0.2) is 8.42 Å². The first-order valence-corrected chi connectivity index (χ1v) is 12.0. The lowest BCUT2D eigenvalue weighted by atomic mass is 10.2. The molecule has 0 atom stereocenters. The molecule has 0 unspecified atom stereocenters.